The van der Waals surface area contributed by atoms with Gasteiger partial charge in [-0.15, -0.1) is 0 Å². The molecule has 1 rings (SSSR count). The van der Waals surface area contributed by atoms with Gasteiger partial charge in [-0.1, -0.05) is 12.1 Å². The van der Waals surface area contributed by atoms with Gasteiger partial charge in [-0.3, -0.25) is 4.79 Å². The predicted molar refractivity (Wildman–Crippen MR) is 47.3 cm³/mol. The van der Waals surface area contributed by atoms with E-state index in [2.05, 4.69) is 0 Å². The topological polar surface area (TPSA) is 83.6 Å². The van der Waals surface area contributed by atoms with Crippen molar-refractivity contribution in [2.45, 2.75) is 12.5 Å². The van der Waals surface area contributed by atoms with E-state index in [1.807, 2.05) is 0 Å². The fourth-order valence-corrected chi connectivity index (χ4v) is 1.03. The van der Waals surface area contributed by atoms with Crippen molar-refractivity contribution in [2.75, 3.05) is 0 Å². The average Bonchev–Trinajstić information content (AvgIpc) is 2.04. The van der Waals surface area contributed by atoms with Crippen LogP contribution in [-0.4, -0.2) is 16.2 Å². The number of hydrogen-bond donors (Lipinski definition) is 3. The Bertz CT molecular complexity index is 294. The number of carbonyl (C=O) groups is 1. The third kappa shape index (κ3) is 2.76. The van der Waals surface area contributed by atoms with Crippen molar-refractivity contribution in [3.63, 3.8) is 0 Å². The molecule has 1 aromatic carbocycles. The first kappa shape index (κ1) is 9.54. The van der Waals surface area contributed by atoms with Gasteiger partial charge in [0, 0.05) is 6.04 Å². The standard InChI is InChI=1S/C9H11NO3/c10-8(5-9(12)13)6-1-3-7(11)4-2-6/h1-4,8,11H,5,10H2,(H,12,13)/t8-/m1/s1. The highest BCUT2D eigenvalue weighted by Crippen LogP contribution is 2.17. The normalized spacial score (nSPS) is 12.4. The van der Waals surface area contributed by atoms with Crippen LogP contribution in [0.5, 0.6) is 5.75 Å². The zero-order valence-electron chi connectivity index (χ0n) is 6.97. The van der Waals surface area contributed by atoms with E-state index < -0.39 is 12.0 Å². The third-order valence-electron chi connectivity index (χ3n) is 1.72. The lowest BCUT2D eigenvalue weighted by Gasteiger charge is -2.08. The van der Waals surface area contributed by atoms with E-state index in [9.17, 15) is 4.79 Å². The molecule has 4 nitrogen and oxygen atoms in total. The minimum Gasteiger partial charge on any atom is -0.508 e. The van der Waals surface area contributed by atoms with E-state index >= 15 is 0 Å². The Morgan fingerprint density at radius 3 is 2.38 bits per heavy atom. The Labute approximate surface area is 75.6 Å². The van der Waals surface area contributed by atoms with Crippen LogP contribution in [0.1, 0.15) is 18.0 Å². The Morgan fingerprint density at radius 2 is 1.92 bits per heavy atom. The van der Waals surface area contributed by atoms with E-state index in [1.54, 1.807) is 12.1 Å². The minimum absolute atomic E-state index is 0.106. The fraction of sp³-hybridized carbons (Fsp3) is 0.222. The van der Waals surface area contributed by atoms with Crippen LogP contribution in [0.3, 0.4) is 0 Å². The summed E-state index contributed by atoms with van der Waals surface area (Å²) in [5.74, 6) is -0.785. The Morgan fingerprint density at radius 1 is 1.38 bits per heavy atom. The Kier molecular flexibility index (Phi) is 2.87. The van der Waals surface area contributed by atoms with Crippen LogP contribution in [0.4, 0.5) is 0 Å². The lowest BCUT2D eigenvalue weighted by Crippen LogP contribution is -2.14. The van der Waals surface area contributed by atoms with E-state index in [4.69, 9.17) is 15.9 Å². The second-order valence-corrected chi connectivity index (χ2v) is 2.80. The van der Waals surface area contributed by atoms with Crippen LogP contribution in [-0.2, 0) is 4.79 Å². The molecule has 0 bridgehead atoms. The first-order chi connectivity index (χ1) is 6.09. The number of aliphatic carboxylic acids is 1. The lowest BCUT2D eigenvalue weighted by atomic mass is 10.1. The molecule has 0 amide bonds. The molecule has 1 aromatic rings. The maximum atomic E-state index is 10.3. The summed E-state index contributed by atoms with van der Waals surface area (Å²) in [5, 5.41) is 17.4. The number of carboxylic acid groups (broad SMARTS) is 1. The molecule has 0 fully saturated rings. The van der Waals surface area contributed by atoms with Crippen LogP contribution >= 0.6 is 0 Å². The van der Waals surface area contributed by atoms with Crippen LogP contribution in [0.2, 0.25) is 0 Å². The van der Waals surface area contributed by atoms with Crippen molar-refractivity contribution in [2.24, 2.45) is 5.73 Å². The van der Waals surface area contributed by atoms with Gasteiger partial charge in [0.15, 0.2) is 0 Å². The van der Waals surface area contributed by atoms with E-state index in [1.165, 1.54) is 12.1 Å². The van der Waals surface area contributed by atoms with Gasteiger partial charge < -0.3 is 15.9 Å². The van der Waals surface area contributed by atoms with Crippen molar-refractivity contribution >= 4 is 5.97 Å². The van der Waals surface area contributed by atoms with Crippen molar-refractivity contribution < 1.29 is 15.0 Å². The van der Waals surface area contributed by atoms with Crippen LogP contribution < -0.4 is 5.73 Å². The van der Waals surface area contributed by atoms with Gasteiger partial charge in [-0.05, 0) is 17.7 Å². The highest BCUT2D eigenvalue weighted by Gasteiger charge is 2.09. The second-order valence-electron chi connectivity index (χ2n) is 2.80. The third-order valence-corrected chi connectivity index (χ3v) is 1.72. The molecule has 0 radical (unpaired) electrons. The average molecular weight is 181 g/mol. The highest BCUT2D eigenvalue weighted by molar-refractivity contribution is 5.67. The summed E-state index contributed by atoms with van der Waals surface area (Å²) < 4.78 is 0. The van der Waals surface area contributed by atoms with Gasteiger partial charge >= 0.3 is 5.97 Å². The molecule has 4 heteroatoms. The van der Waals surface area contributed by atoms with Gasteiger partial charge in [-0.2, -0.15) is 0 Å². The van der Waals surface area contributed by atoms with Crippen molar-refractivity contribution in [1.29, 1.82) is 0 Å². The molecular formula is C9H11NO3. The monoisotopic (exact) mass is 181 g/mol. The van der Waals surface area contributed by atoms with Gasteiger partial charge in [0.05, 0.1) is 6.42 Å². The smallest absolute Gasteiger partial charge is 0.305 e. The summed E-state index contributed by atoms with van der Waals surface area (Å²) in [5.41, 5.74) is 6.29. The van der Waals surface area contributed by atoms with Gasteiger partial charge in [-0.25, -0.2) is 0 Å². The number of hydrogen-bond acceptors (Lipinski definition) is 3. The number of benzene rings is 1. The number of carboxylic acids is 1. The highest BCUT2D eigenvalue weighted by atomic mass is 16.4. The molecule has 0 unspecified atom stereocenters. The molecular weight excluding hydrogens is 170 g/mol. The van der Waals surface area contributed by atoms with Crippen LogP contribution in [0.15, 0.2) is 24.3 Å². The molecule has 0 aliphatic carbocycles. The van der Waals surface area contributed by atoms with E-state index in [0.717, 1.165) is 0 Å². The fourth-order valence-electron chi connectivity index (χ4n) is 1.03. The van der Waals surface area contributed by atoms with Gasteiger partial charge in [0.1, 0.15) is 5.75 Å². The quantitative estimate of drug-likeness (QED) is 0.646. The summed E-state index contributed by atoms with van der Waals surface area (Å²) in [7, 11) is 0. The van der Waals surface area contributed by atoms with E-state index in [-0.39, 0.29) is 12.2 Å². The summed E-state index contributed by atoms with van der Waals surface area (Å²) in [6.45, 7) is 0. The number of nitrogens with two attached hydrogens (primary N) is 1. The molecule has 0 aliphatic rings. The molecule has 0 saturated heterocycles. The Balaban J connectivity index is 2.71. The number of phenolic OH excluding ortho intramolecular Hbond substituents is 1. The van der Waals surface area contributed by atoms with Crippen molar-refractivity contribution in [1.82, 2.24) is 0 Å². The first-order valence-electron chi connectivity index (χ1n) is 3.86. The molecule has 1 atom stereocenters. The van der Waals surface area contributed by atoms with Gasteiger partial charge in [0.25, 0.3) is 0 Å². The maximum Gasteiger partial charge on any atom is 0.305 e. The van der Waals surface area contributed by atoms with Crippen LogP contribution in [0, 0.1) is 0 Å². The van der Waals surface area contributed by atoms with Gasteiger partial charge in [0.2, 0.25) is 0 Å². The largest absolute Gasteiger partial charge is 0.508 e. The Hall–Kier alpha value is -1.55. The molecule has 0 spiro atoms. The maximum absolute atomic E-state index is 10.3. The predicted octanol–water partition coefficient (Wildman–Crippen LogP) is 0.867. The van der Waals surface area contributed by atoms with E-state index in [0.29, 0.717) is 5.56 Å². The van der Waals surface area contributed by atoms with Crippen LogP contribution in [0.25, 0.3) is 0 Å². The number of phenols is 1. The summed E-state index contributed by atoms with van der Waals surface area (Å²) >= 11 is 0. The molecule has 13 heavy (non-hydrogen) atoms. The zero-order valence-corrected chi connectivity index (χ0v) is 6.97. The summed E-state index contributed by atoms with van der Waals surface area (Å²) in [6, 6.07) is 5.68. The molecule has 70 valence electrons. The van der Waals surface area contributed by atoms with Crippen molar-refractivity contribution in [3.8, 4) is 5.75 Å². The SMILES string of the molecule is N[C@H](CC(=O)O)c1ccc(O)cc1. The van der Waals surface area contributed by atoms with Crippen molar-refractivity contribution in [3.05, 3.63) is 29.8 Å². The minimum atomic E-state index is -0.930. The number of aromatic hydroxyl groups is 1. The zero-order chi connectivity index (χ0) is 9.84. The molecule has 0 saturated carbocycles. The first-order valence-corrected chi connectivity index (χ1v) is 3.86. The molecule has 4 N–H and O–H groups in total. The molecule has 0 aliphatic heterocycles. The second kappa shape index (κ2) is 3.91. The lowest BCUT2D eigenvalue weighted by molar-refractivity contribution is -0.137. The number of rotatable bonds is 3. The summed E-state index contributed by atoms with van der Waals surface area (Å²) in [6.07, 6.45) is -0.106. The molecule has 0 aromatic heterocycles. The molecule has 0 heterocycles. The summed E-state index contributed by atoms with van der Waals surface area (Å²) in [4.78, 5) is 10.3.